The minimum absolute atomic E-state index is 0.173. The summed E-state index contributed by atoms with van der Waals surface area (Å²) in [5, 5.41) is 21.0. The zero-order valence-electron chi connectivity index (χ0n) is 18.0. The van der Waals surface area contributed by atoms with Gasteiger partial charge in [-0.1, -0.05) is 29.5 Å². The van der Waals surface area contributed by atoms with E-state index in [1.54, 1.807) is 34.2 Å². The van der Waals surface area contributed by atoms with Gasteiger partial charge in [0.25, 0.3) is 5.91 Å². The van der Waals surface area contributed by atoms with Crippen LogP contribution in [0.4, 0.5) is 5.13 Å². The highest BCUT2D eigenvalue weighted by Crippen LogP contribution is 2.28. The van der Waals surface area contributed by atoms with Crippen molar-refractivity contribution in [2.75, 3.05) is 18.9 Å². The summed E-state index contributed by atoms with van der Waals surface area (Å²) in [6.07, 6.45) is 2.77. The number of likely N-dealkylation sites (N-methyl/N-ethyl adjacent to an activating group) is 1. The monoisotopic (exact) mass is 455 g/mol. The van der Waals surface area contributed by atoms with Crippen LogP contribution in [-0.2, 0) is 19.5 Å². The molecule has 164 valence electrons. The van der Waals surface area contributed by atoms with Crippen LogP contribution in [-0.4, -0.2) is 44.4 Å². The molecule has 8 nitrogen and oxygen atoms in total. The summed E-state index contributed by atoms with van der Waals surface area (Å²) in [4.78, 5) is 20.9. The summed E-state index contributed by atoms with van der Waals surface area (Å²) in [5.74, 6) is -0.173. The Morgan fingerprint density at radius 2 is 2.09 bits per heavy atom. The number of rotatable bonds is 5. The van der Waals surface area contributed by atoms with Crippen LogP contribution in [0.1, 0.15) is 32.1 Å². The molecule has 1 N–H and O–H groups in total. The molecular weight excluding hydrogens is 434 g/mol. The van der Waals surface area contributed by atoms with Crippen molar-refractivity contribution in [2.24, 2.45) is 0 Å². The van der Waals surface area contributed by atoms with E-state index in [9.17, 15) is 4.79 Å². The lowest BCUT2D eigenvalue weighted by Gasteiger charge is -2.20. The molecule has 1 aliphatic rings. The molecule has 9 heteroatoms. The molecule has 0 aliphatic carbocycles. The van der Waals surface area contributed by atoms with E-state index in [0.29, 0.717) is 22.8 Å². The van der Waals surface area contributed by atoms with E-state index < -0.39 is 0 Å². The number of nitrogens with zero attached hydrogens (tertiary/aromatic N) is 6. The quantitative estimate of drug-likeness (QED) is 0.494. The largest absolute Gasteiger partial charge is 0.301 e. The smallest absolute Gasteiger partial charge is 0.257 e. The van der Waals surface area contributed by atoms with Crippen LogP contribution in [0.2, 0.25) is 0 Å². The molecule has 0 atom stereocenters. The Morgan fingerprint density at radius 1 is 1.24 bits per heavy atom. The van der Waals surface area contributed by atoms with Crippen molar-refractivity contribution >= 4 is 22.4 Å². The van der Waals surface area contributed by atoms with E-state index in [1.165, 1.54) is 4.88 Å². The fourth-order valence-corrected chi connectivity index (χ4v) is 4.85. The Kier molecular flexibility index (Phi) is 5.69. The molecule has 0 saturated heterocycles. The van der Waals surface area contributed by atoms with Gasteiger partial charge < -0.3 is 4.90 Å². The summed E-state index contributed by atoms with van der Waals surface area (Å²) in [6, 6.07) is 16.8. The van der Waals surface area contributed by atoms with Crippen molar-refractivity contribution in [1.29, 1.82) is 5.26 Å². The number of benzene rings is 2. The number of nitrogens with one attached hydrogen (secondary N) is 1. The first-order valence-electron chi connectivity index (χ1n) is 10.6. The van der Waals surface area contributed by atoms with Gasteiger partial charge in [-0.3, -0.25) is 10.1 Å². The Morgan fingerprint density at radius 3 is 2.91 bits per heavy atom. The fourth-order valence-electron chi connectivity index (χ4n) is 3.77. The Balaban J connectivity index is 1.27. The second kappa shape index (κ2) is 8.94. The Labute approximate surface area is 195 Å². The lowest BCUT2D eigenvalue weighted by molar-refractivity contribution is 0.102. The van der Waals surface area contributed by atoms with Crippen molar-refractivity contribution in [1.82, 2.24) is 24.9 Å². The van der Waals surface area contributed by atoms with Gasteiger partial charge in [-0.05, 0) is 36.9 Å². The van der Waals surface area contributed by atoms with E-state index in [1.807, 2.05) is 36.5 Å². The highest BCUT2D eigenvalue weighted by molar-refractivity contribution is 7.15. The summed E-state index contributed by atoms with van der Waals surface area (Å²) < 4.78 is 1.73. The maximum atomic E-state index is 12.8. The molecule has 0 radical (unpaired) electrons. The zero-order chi connectivity index (χ0) is 22.8. The molecule has 4 aromatic rings. The minimum atomic E-state index is -0.173. The molecule has 0 saturated carbocycles. The second-order valence-corrected chi connectivity index (χ2v) is 9.11. The normalized spacial score (nSPS) is 13.3. The average Bonchev–Trinajstić information content (AvgIpc) is 3.45. The number of carbonyl (C=O) groups is 1. The number of hydrogen-bond acceptors (Lipinski definition) is 7. The minimum Gasteiger partial charge on any atom is -0.301 e. The van der Waals surface area contributed by atoms with Crippen molar-refractivity contribution in [2.45, 2.75) is 19.5 Å². The van der Waals surface area contributed by atoms with Gasteiger partial charge in [0.05, 0.1) is 30.1 Å². The van der Waals surface area contributed by atoms with Crippen LogP contribution in [0.15, 0.2) is 54.7 Å². The van der Waals surface area contributed by atoms with Crippen molar-refractivity contribution in [3.8, 4) is 17.3 Å². The first kappa shape index (κ1) is 21.0. The fraction of sp³-hybridized carbons (Fsp3) is 0.208. The topological polar surface area (TPSA) is 99.7 Å². The number of nitriles is 1. The van der Waals surface area contributed by atoms with Crippen LogP contribution in [0, 0.1) is 11.3 Å². The lowest BCUT2D eigenvalue weighted by atomic mass is 10.1. The number of carbonyl (C=O) groups excluding carboxylic acids is 1. The SMILES string of the molecule is CN1CCc2nc(NC(=O)c3cccc(Cn4cc(-c5ccc(C#N)cc5)nn4)c3)sc2C1. The molecule has 0 fully saturated rings. The van der Waals surface area contributed by atoms with Gasteiger partial charge in [-0.15, -0.1) is 16.4 Å². The zero-order valence-corrected chi connectivity index (χ0v) is 18.8. The molecule has 1 aliphatic heterocycles. The van der Waals surface area contributed by atoms with Crippen molar-refractivity contribution in [3.05, 3.63) is 82.0 Å². The molecule has 0 unspecified atom stereocenters. The van der Waals surface area contributed by atoms with Gasteiger partial charge in [0.2, 0.25) is 0 Å². The molecule has 3 heterocycles. The van der Waals surface area contributed by atoms with Gasteiger partial charge in [0.1, 0.15) is 5.69 Å². The van der Waals surface area contributed by atoms with E-state index in [0.717, 1.165) is 42.0 Å². The summed E-state index contributed by atoms with van der Waals surface area (Å²) in [7, 11) is 2.09. The maximum absolute atomic E-state index is 12.8. The predicted molar refractivity (Wildman–Crippen MR) is 126 cm³/mol. The number of fused-ring (bicyclic) bond motifs is 1. The van der Waals surface area contributed by atoms with Crippen LogP contribution >= 0.6 is 11.3 Å². The number of anilines is 1. The summed E-state index contributed by atoms with van der Waals surface area (Å²) in [5.41, 5.74) is 4.83. The summed E-state index contributed by atoms with van der Waals surface area (Å²) >= 11 is 1.55. The van der Waals surface area contributed by atoms with Gasteiger partial charge in [0.15, 0.2) is 5.13 Å². The third-order valence-corrected chi connectivity index (χ3v) is 6.52. The lowest BCUT2D eigenvalue weighted by Crippen LogP contribution is -2.25. The molecule has 0 spiro atoms. The van der Waals surface area contributed by atoms with E-state index in [2.05, 4.69) is 38.6 Å². The third kappa shape index (κ3) is 4.67. The van der Waals surface area contributed by atoms with Crippen molar-refractivity contribution in [3.63, 3.8) is 0 Å². The van der Waals surface area contributed by atoms with Crippen LogP contribution in [0.25, 0.3) is 11.3 Å². The van der Waals surface area contributed by atoms with Crippen LogP contribution < -0.4 is 5.32 Å². The van der Waals surface area contributed by atoms with Crippen LogP contribution in [0.3, 0.4) is 0 Å². The molecule has 1 amide bonds. The van der Waals surface area contributed by atoms with Crippen molar-refractivity contribution < 1.29 is 4.79 Å². The second-order valence-electron chi connectivity index (χ2n) is 8.02. The Bertz CT molecular complexity index is 1350. The van der Waals surface area contributed by atoms with E-state index in [-0.39, 0.29) is 5.91 Å². The van der Waals surface area contributed by atoms with Gasteiger partial charge in [0, 0.05) is 35.5 Å². The molecule has 2 aromatic heterocycles. The molecule has 33 heavy (non-hydrogen) atoms. The van der Waals surface area contributed by atoms with Gasteiger partial charge in [-0.25, -0.2) is 9.67 Å². The van der Waals surface area contributed by atoms with Crippen LogP contribution in [0.5, 0.6) is 0 Å². The van der Waals surface area contributed by atoms with E-state index in [4.69, 9.17) is 5.26 Å². The third-order valence-electron chi connectivity index (χ3n) is 5.52. The summed E-state index contributed by atoms with van der Waals surface area (Å²) in [6.45, 7) is 2.35. The Hall–Kier alpha value is -3.87. The van der Waals surface area contributed by atoms with Gasteiger partial charge in [-0.2, -0.15) is 5.26 Å². The highest BCUT2D eigenvalue weighted by Gasteiger charge is 2.19. The number of hydrogen-bond donors (Lipinski definition) is 1. The average molecular weight is 456 g/mol. The first-order valence-corrected chi connectivity index (χ1v) is 11.4. The molecular formula is C24H21N7OS. The van der Waals surface area contributed by atoms with E-state index >= 15 is 0 Å². The number of aromatic nitrogens is 4. The maximum Gasteiger partial charge on any atom is 0.257 e. The van der Waals surface area contributed by atoms with Gasteiger partial charge >= 0.3 is 0 Å². The highest BCUT2D eigenvalue weighted by atomic mass is 32.1. The number of amides is 1. The predicted octanol–water partition coefficient (Wildman–Crippen LogP) is 3.56. The number of thiazole rings is 1. The standard InChI is InChI=1S/C24H21N7OS/c1-30-10-9-20-22(15-30)33-24(26-20)27-23(32)19-4-2-3-17(11-19)13-31-14-21(28-29-31)18-7-5-16(12-25)6-8-18/h2-8,11,14H,9-10,13,15H2,1H3,(H,26,27,32). The molecule has 0 bridgehead atoms. The first-order chi connectivity index (χ1) is 16.1. The molecule has 2 aromatic carbocycles. The molecule has 5 rings (SSSR count).